The summed E-state index contributed by atoms with van der Waals surface area (Å²) in [5.41, 5.74) is 0. The number of hydrogen-bond acceptors (Lipinski definition) is 4. The molecule has 0 bridgehead atoms. The van der Waals surface area contributed by atoms with Crippen molar-refractivity contribution in [1.82, 2.24) is 0 Å². The number of aliphatic carboxylic acids is 2. The average molecular weight is 284 g/mol. The molecule has 118 valence electrons. The second-order valence-corrected chi connectivity index (χ2v) is 5.54. The molecule has 0 aromatic heterocycles. The van der Waals surface area contributed by atoms with Gasteiger partial charge in [-0.2, -0.15) is 0 Å². The highest BCUT2D eigenvalue weighted by Gasteiger charge is 2.09. The van der Waals surface area contributed by atoms with Gasteiger partial charge < -0.3 is 19.8 Å². The van der Waals surface area contributed by atoms with Crippen LogP contribution in [0.2, 0.25) is 0 Å². The number of carboxylic acids is 2. The molecule has 4 nitrogen and oxygen atoms in total. The molecule has 0 aromatic carbocycles. The lowest BCUT2D eigenvalue weighted by Gasteiger charge is -2.17. The molecule has 0 saturated heterocycles. The van der Waals surface area contributed by atoms with Gasteiger partial charge in [-0.25, -0.2) is 0 Å². The fourth-order valence-electron chi connectivity index (χ4n) is 2.40. The van der Waals surface area contributed by atoms with Crippen LogP contribution in [-0.4, -0.2) is 11.9 Å². The summed E-state index contributed by atoms with van der Waals surface area (Å²) in [6, 6.07) is 0. The third-order valence-electron chi connectivity index (χ3n) is 3.67. The maximum absolute atomic E-state index is 10.9. The highest BCUT2D eigenvalue weighted by Crippen LogP contribution is 2.17. The molecule has 1 atom stereocenters. The lowest BCUT2D eigenvalue weighted by atomic mass is 9.95. The van der Waals surface area contributed by atoms with Gasteiger partial charge in [-0.15, -0.1) is 0 Å². The molecule has 0 heterocycles. The van der Waals surface area contributed by atoms with Gasteiger partial charge in [0.15, 0.2) is 0 Å². The molecule has 0 saturated carbocycles. The topological polar surface area (TPSA) is 80.3 Å². The molecule has 0 aliphatic heterocycles. The highest BCUT2D eigenvalue weighted by atomic mass is 16.4. The van der Waals surface area contributed by atoms with Crippen molar-refractivity contribution in [3.63, 3.8) is 0 Å². The lowest BCUT2D eigenvalue weighted by molar-refractivity contribution is -0.313. The van der Waals surface area contributed by atoms with Gasteiger partial charge >= 0.3 is 0 Å². The quantitative estimate of drug-likeness (QED) is 0.456. The lowest BCUT2D eigenvalue weighted by Crippen LogP contribution is -2.31. The maximum Gasteiger partial charge on any atom is 0.0445 e. The second-order valence-electron chi connectivity index (χ2n) is 5.54. The fourth-order valence-corrected chi connectivity index (χ4v) is 2.40. The van der Waals surface area contributed by atoms with Crippen molar-refractivity contribution in [1.29, 1.82) is 0 Å². The smallest absolute Gasteiger partial charge is 0.0445 e. The number of hydrogen-bond donors (Lipinski definition) is 0. The molecular formula is C16H28O4-2. The van der Waals surface area contributed by atoms with E-state index in [9.17, 15) is 19.8 Å². The zero-order chi connectivity index (χ0) is 15.2. The minimum atomic E-state index is -1.12. The average Bonchev–Trinajstić information content (AvgIpc) is 2.39. The zero-order valence-corrected chi connectivity index (χ0v) is 12.7. The Kier molecular flexibility index (Phi) is 12.3. The van der Waals surface area contributed by atoms with E-state index in [1.165, 1.54) is 32.1 Å². The van der Waals surface area contributed by atoms with Crippen LogP contribution in [0, 0.1) is 5.92 Å². The van der Waals surface area contributed by atoms with Crippen molar-refractivity contribution in [2.24, 2.45) is 5.92 Å². The maximum atomic E-state index is 10.9. The van der Waals surface area contributed by atoms with Crippen molar-refractivity contribution >= 4 is 11.9 Å². The molecule has 0 radical (unpaired) electrons. The Morgan fingerprint density at radius 3 is 1.80 bits per heavy atom. The van der Waals surface area contributed by atoms with E-state index in [2.05, 4.69) is 6.92 Å². The molecule has 20 heavy (non-hydrogen) atoms. The van der Waals surface area contributed by atoms with Gasteiger partial charge in [0, 0.05) is 11.9 Å². The Hall–Kier alpha value is -1.06. The molecule has 0 amide bonds. The SMILES string of the molecule is CCCCCCCCCCC(CCCC(=O)[O-])C(=O)[O-]. The fraction of sp³-hybridized carbons (Fsp3) is 0.875. The van der Waals surface area contributed by atoms with E-state index in [4.69, 9.17) is 0 Å². The third-order valence-corrected chi connectivity index (χ3v) is 3.67. The van der Waals surface area contributed by atoms with Gasteiger partial charge in [0.2, 0.25) is 0 Å². The standard InChI is InChI=1S/C16H30O4/c1-2-3-4-5-6-7-8-9-11-14(16(19)20)12-10-13-15(17)18/h14H,2-13H2,1H3,(H,17,18)(H,19,20)/p-2. The molecule has 1 unspecified atom stereocenters. The van der Waals surface area contributed by atoms with E-state index in [0.29, 0.717) is 19.3 Å². The van der Waals surface area contributed by atoms with Crippen molar-refractivity contribution in [2.45, 2.75) is 84.0 Å². The molecule has 0 spiro atoms. The molecule has 0 N–H and O–H groups in total. The largest absolute Gasteiger partial charge is 0.550 e. The van der Waals surface area contributed by atoms with E-state index in [1.807, 2.05) is 0 Å². The summed E-state index contributed by atoms with van der Waals surface area (Å²) in [5, 5.41) is 21.2. The van der Waals surface area contributed by atoms with Crippen molar-refractivity contribution in [2.75, 3.05) is 0 Å². The normalized spacial score (nSPS) is 12.2. The summed E-state index contributed by atoms with van der Waals surface area (Å²) in [4.78, 5) is 21.2. The summed E-state index contributed by atoms with van der Waals surface area (Å²) < 4.78 is 0. The van der Waals surface area contributed by atoms with Gasteiger partial charge in [-0.3, -0.25) is 0 Å². The summed E-state index contributed by atoms with van der Waals surface area (Å²) in [7, 11) is 0. The monoisotopic (exact) mass is 284 g/mol. The minimum Gasteiger partial charge on any atom is -0.550 e. The Morgan fingerprint density at radius 1 is 0.800 bits per heavy atom. The van der Waals surface area contributed by atoms with Crippen LogP contribution in [0.25, 0.3) is 0 Å². The van der Waals surface area contributed by atoms with E-state index in [-0.39, 0.29) is 6.42 Å². The van der Waals surface area contributed by atoms with E-state index < -0.39 is 17.9 Å². The first-order chi connectivity index (χ1) is 9.57. The summed E-state index contributed by atoms with van der Waals surface area (Å²) in [5.74, 6) is -2.67. The molecule has 0 aliphatic carbocycles. The predicted octanol–water partition coefficient (Wildman–Crippen LogP) is 1.80. The van der Waals surface area contributed by atoms with E-state index in [1.54, 1.807) is 0 Å². The number of carbonyl (C=O) groups excluding carboxylic acids is 2. The van der Waals surface area contributed by atoms with Gasteiger partial charge in [-0.05, 0) is 31.6 Å². The first-order valence-corrected chi connectivity index (χ1v) is 7.98. The van der Waals surface area contributed by atoms with Crippen LogP contribution in [0.5, 0.6) is 0 Å². The minimum absolute atomic E-state index is 0.0682. The Morgan fingerprint density at radius 2 is 1.30 bits per heavy atom. The Balaban J connectivity index is 3.55. The van der Waals surface area contributed by atoms with Crippen LogP contribution in [0.4, 0.5) is 0 Å². The molecule has 0 aromatic rings. The van der Waals surface area contributed by atoms with Crippen molar-refractivity contribution in [3.8, 4) is 0 Å². The van der Waals surface area contributed by atoms with Crippen LogP contribution < -0.4 is 10.2 Å². The summed E-state index contributed by atoms with van der Waals surface area (Å²) in [6.07, 6.45) is 10.7. The molecule has 0 aliphatic rings. The van der Waals surface area contributed by atoms with E-state index >= 15 is 0 Å². The Labute approximate surface area is 122 Å². The zero-order valence-electron chi connectivity index (χ0n) is 12.7. The Bertz CT molecular complexity index is 263. The highest BCUT2D eigenvalue weighted by molar-refractivity contribution is 5.68. The van der Waals surface area contributed by atoms with Crippen LogP contribution in [0.15, 0.2) is 0 Å². The van der Waals surface area contributed by atoms with Gasteiger partial charge in [0.25, 0.3) is 0 Å². The van der Waals surface area contributed by atoms with Gasteiger partial charge in [0.05, 0.1) is 0 Å². The number of carboxylic acid groups (broad SMARTS) is 2. The van der Waals surface area contributed by atoms with Crippen molar-refractivity contribution < 1.29 is 19.8 Å². The molecule has 4 heteroatoms. The molecular weight excluding hydrogens is 256 g/mol. The van der Waals surface area contributed by atoms with Crippen LogP contribution >= 0.6 is 0 Å². The third kappa shape index (κ3) is 12.0. The summed E-state index contributed by atoms with van der Waals surface area (Å²) >= 11 is 0. The number of rotatable bonds is 14. The molecule has 0 rings (SSSR count). The predicted molar refractivity (Wildman–Crippen MR) is 74.6 cm³/mol. The van der Waals surface area contributed by atoms with Gasteiger partial charge in [0.1, 0.15) is 0 Å². The first kappa shape index (κ1) is 18.9. The van der Waals surface area contributed by atoms with Crippen LogP contribution in [0.3, 0.4) is 0 Å². The number of unbranched alkanes of at least 4 members (excludes halogenated alkanes) is 7. The molecule has 0 fully saturated rings. The van der Waals surface area contributed by atoms with Gasteiger partial charge in [-0.1, -0.05) is 58.3 Å². The van der Waals surface area contributed by atoms with Crippen molar-refractivity contribution in [3.05, 3.63) is 0 Å². The van der Waals surface area contributed by atoms with Crippen LogP contribution in [0.1, 0.15) is 84.0 Å². The van der Waals surface area contributed by atoms with Crippen LogP contribution in [-0.2, 0) is 9.59 Å². The first-order valence-electron chi connectivity index (χ1n) is 7.98. The second kappa shape index (κ2) is 12.9. The number of carbonyl (C=O) groups is 2. The summed E-state index contributed by atoms with van der Waals surface area (Å²) in [6.45, 7) is 2.19. The van der Waals surface area contributed by atoms with E-state index in [0.717, 1.165) is 19.3 Å².